The molecule has 1 atom stereocenters. The molecule has 0 spiro atoms. The van der Waals surface area contributed by atoms with Gasteiger partial charge in [-0.3, -0.25) is 4.79 Å². The molecule has 1 unspecified atom stereocenters. The maximum atomic E-state index is 12.1. The molecule has 106 valence electrons. The van der Waals surface area contributed by atoms with E-state index in [0.717, 1.165) is 0 Å². The van der Waals surface area contributed by atoms with Crippen LogP contribution in [0.5, 0.6) is 5.75 Å². The number of carbonyl (C=O) groups is 1. The molecule has 1 aromatic rings. The van der Waals surface area contributed by atoms with Crippen LogP contribution in [0.2, 0.25) is 5.02 Å². The minimum atomic E-state index is -0.936. The number of halogens is 1. The van der Waals surface area contributed by atoms with Gasteiger partial charge in [0.1, 0.15) is 5.75 Å². The van der Waals surface area contributed by atoms with Crippen LogP contribution in [0.15, 0.2) is 24.3 Å². The maximum absolute atomic E-state index is 12.1. The summed E-state index contributed by atoms with van der Waals surface area (Å²) < 4.78 is 5.54. The van der Waals surface area contributed by atoms with Crippen molar-refractivity contribution in [2.75, 3.05) is 13.6 Å². The van der Waals surface area contributed by atoms with Crippen LogP contribution in [0.3, 0.4) is 0 Å². The van der Waals surface area contributed by atoms with Gasteiger partial charge in [0.05, 0.1) is 10.6 Å². The number of amides is 1. The zero-order valence-corrected chi connectivity index (χ0v) is 12.4. The lowest BCUT2D eigenvalue weighted by molar-refractivity contribution is -0.139. The third kappa shape index (κ3) is 5.09. The van der Waals surface area contributed by atoms with Crippen molar-refractivity contribution < 1.29 is 14.6 Å². The molecule has 19 heavy (non-hydrogen) atoms. The number of nitrogens with zero attached hydrogens (tertiary/aromatic N) is 1. The highest BCUT2D eigenvalue weighted by molar-refractivity contribution is 6.32. The van der Waals surface area contributed by atoms with E-state index in [1.165, 1.54) is 4.90 Å². The Morgan fingerprint density at radius 3 is 2.58 bits per heavy atom. The molecule has 0 aromatic heterocycles. The van der Waals surface area contributed by atoms with Crippen molar-refractivity contribution in [1.82, 2.24) is 4.90 Å². The number of rotatable bonds is 5. The van der Waals surface area contributed by atoms with Gasteiger partial charge in [0, 0.05) is 13.6 Å². The molecular formula is C14H20ClNO3. The van der Waals surface area contributed by atoms with Gasteiger partial charge in [-0.15, -0.1) is 0 Å². The van der Waals surface area contributed by atoms with E-state index in [4.69, 9.17) is 16.3 Å². The average Bonchev–Trinajstić information content (AvgIpc) is 2.28. The first-order chi connectivity index (χ1) is 8.70. The summed E-state index contributed by atoms with van der Waals surface area (Å²) >= 11 is 5.97. The highest BCUT2D eigenvalue weighted by Crippen LogP contribution is 2.24. The lowest BCUT2D eigenvalue weighted by Crippen LogP contribution is -2.44. The van der Waals surface area contributed by atoms with Gasteiger partial charge in [0.2, 0.25) is 0 Å². The van der Waals surface area contributed by atoms with Gasteiger partial charge in [-0.25, -0.2) is 0 Å². The second kappa shape index (κ2) is 6.26. The summed E-state index contributed by atoms with van der Waals surface area (Å²) in [7, 11) is 1.63. The fourth-order valence-electron chi connectivity index (χ4n) is 1.75. The summed E-state index contributed by atoms with van der Waals surface area (Å²) in [6.45, 7) is 5.20. The summed E-state index contributed by atoms with van der Waals surface area (Å²) in [5, 5.41) is 10.2. The van der Waals surface area contributed by atoms with Gasteiger partial charge < -0.3 is 14.7 Å². The summed E-state index contributed by atoms with van der Waals surface area (Å²) in [6.07, 6.45) is -0.660. The van der Waals surface area contributed by atoms with Crippen molar-refractivity contribution in [1.29, 1.82) is 0 Å². The monoisotopic (exact) mass is 285 g/mol. The Morgan fingerprint density at radius 1 is 1.47 bits per heavy atom. The number of hydrogen-bond donors (Lipinski definition) is 1. The SMILES string of the molecule is CC(Oc1ccccc1Cl)C(=O)N(C)CC(C)(C)O. The number of para-hydroxylation sites is 1. The van der Waals surface area contributed by atoms with E-state index in [1.54, 1.807) is 52.1 Å². The van der Waals surface area contributed by atoms with Gasteiger partial charge in [-0.2, -0.15) is 0 Å². The third-order valence-electron chi connectivity index (χ3n) is 2.49. The second-order valence-electron chi connectivity index (χ2n) is 5.20. The predicted molar refractivity (Wildman–Crippen MR) is 75.5 cm³/mol. The summed E-state index contributed by atoms with van der Waals surface area (Å²) in [5.41, 5.74) is -0.936. The Hall–Kier alpha value is -1.26. The number of carbonyl (C=O) groups excluding carboxylic acids is 1. The van der Waals surface area contributed by atoms with Crippen molar-refractivity contribution in [3.05, 3.63) is 29.3 Å². The van der Waals surface area contributed by atoms with Gasteiger partial charge in [0.15, 0.2) is 6.10 Å². The summed E-state index contributed by atoms with van der Waals surface area (Å²) in [6, 6.07) is 7.00. The molecular weight excluding hydrogens is 266 g/mol. The molecule has 0 aliphatic heterocycles. The molecule has 0 fully saturated rings. The Labute approximate surface area is 118 Å². The smallest absolute Gasteiger partial charge is 0.263 e. The molecule has 5 heteroatoms. The quantitative estimate of drug-likeness (QED) is 0.903. The number of aliphatic hydroxyl groups is 1. The Kier molecular flexibility index (Phi) is 5.20. The largest absolute Gasteiger partial charge is 0.479 e. The molecule has 1 N–H and O–H groups in total. The van der Waals surface area contributed by atoms with Crippen LogP contribution in [0, 0.1) is 0 Å². The van der Waals surface area contributed by atoms with Crippen molar-refractivity contribution in [3.8, 4) is 5.75 Å². The number of likely N-dealkylation sites (N-methyl/N-ethyl adjacent to an activating group) is 1. The third-order valence-corrected chi connectivity index (χ3v) is 2.80. The molecule has 0 aliphatic rings. The highest BCUT2D eigenvalue weighted by Gasteiger charge is 2.24. The van der Waals surface area contributed by atoms with Crippen LogP contribution in [-0.2, 0) is 4.79 Å². The van der Waals surface area contributed by atoms with Crippen molar-refractivity contribution in [3.63, 3.8) is 0 Å². The van der Waals surface area contributed by atoms with E-state index >= 15 is 0 Å². The molecule has 1 rings (SSSR count). The number of hydrogen-bond acceptors (Lipinski definition) is 3. The molecule has 0 bridgehead atoms. The minimum absolute atomic E-state index is 0.206. The molecule has 4 nitrogen and oxygen atoms in total. The number of ether oxygens (including phenoxy) is 1. The van der Waals surface area contributed by atoms with Crippen molar-refractivity contribution in [2.24, 2.45) is 0 Å². The van der Waals surface area contributed by atoms with Gasteiger partial charge >= 0.3 is 0 Å². The van der Waals surface area contributed by atoms with Gasteiger partial charge in [-0.1, -0.05) is 23.7 Å². The fraction of sp³-hybridized carbons (Fsp3) is 0.500. The van der Waals surface area contributed by atoms with E-state index in [0.29, 0.717) is 10.8 Å². The van der Waals surface area contributed by atoms with Gasteiger partial charge in [-0.05, 0) is 32.9 Å². The predicted octanol–water partition coefficient (Wildman–Crippen LogP) is 2.34. The Bertz CT molecular complexity index is 443. The van der Waals surface area contributed by atoms with Gasteiger partial charge in [0.25, 0.3) is 5.91 Å². The van der Waals surface area contributed by atoms with E-state index in [9.17, 15) is 9.90 Å². The standard InChI is InChI=1S/C14H20ClNO3/c1-10(13(17)16(4)9-14(2,3)18)19-12-8-6-5-7-11(12)15/h5-8,10,18H,9H2,1-4H3. The van der Waals surface area contributed by atoms with Crippen LogP contribution >= 0.6 is 11.6 Å². The molecule has 0 saturated heterocycles. The first kappa shape index (κ1) is 15.8. The first-order valence-electron chi connectivity index (χ1n) is 6.09. The second-order valence-corrected chi connectivity index (χ2v) is 5.60. The van der Waals surface area contributed by atoms with E-state index < -0.39 is 11.7 Å². The van der Waals surface area contributed by atoms with Crippen molar-refractivity contribution in [2.45, 2.75) is 32.5 Å². The van der Waals surface area contributed by atoms with Crippen LogP contribution < -0.4 is 4.74 Å². The molecule has 0 radical (unpaired) electrons. The van der Waals surface area contributed by atoms with Crippen LogP contribution in [0.25, 0.3) is 0 Å². The highest BCUT2D eigenvalue weighted by atomic mass is 35.5. The van der Waals surface area contributed by atoms with Crippen molar-refractivity contribution >= 4 is 17.5 Å². The minimum Gasteiger partial charge on any atom is -0.479 e. The topological polar surface area (TPSA) is 49.8 Å². The number of benzene rings is 1. The Balaban J connectivity index is 2.65. The lowest BCUT2D eigenvalue weighted by Gasteiger charge is -2.28. The van der Waals surface area contributed by atoms with E-state index in [1.807, 2.05) is 0 Å². The molecule has 1 aromatic carbocycles. The lowest BCUT2D eigenvalue weighted by atomic mass is 10.1. The van der Waals surface area contributed by atoms with Crippen LogP contribution in [0.4, 0.5) is 0 Å². The zero-order valence-electron chi connectivity index (χ0n) is 11.7. The zero-order chi connectivity index (χ0) is 14.6. The van der Waals surface area contributed by atoms with Crippen LogP contribution in [-0.4, -0.2) is 41.2 Å². The summed E-state index contributed by atoms with van der Waals surface area (Å²) in [4.78, 5) is 13.5. The normalized spacial score (nSPS) is 12.9. The molecule has 0 saturated carbocycles. The molecule has 1 amide bonds. The molecule has 0 heterocycles. The fourth-order valence-corrected chi connectivity index (χ4v) is 1.93. The van der Waals surface area contributed by atoms with Crippen LogP contribution in [0.1, 0.15) is 20.8 Å². The van der Waals surface area contributed by atoms with E-state index in [2.05, 4.69) is 0 Å². The molecule has 0 aliphatic carbocycles. The first-order valence-corrected chi connectivity index (χ1v) is 6.47. The average molecular weight is 286 g/mol. The van der Waals surface area contributed by atoms with E-state index in [-0.39, 0.29) is 12.5 Å². The summed E-state index contributed by atoms with van der Waals surface area (Å²) in [5.74, 6) is 0.267. The maximum Gasteiger partial charge on any atom is 0.263 e. The Morgan fingerprint density at radius 2 is 2.05 bits per heavy atom.